The normalized spacial score (nSPS) is 17.1. The second kappa shape index (κ2) is 6.00. The fourth-order valence-electron chi connectivity index (χ4n) is 2.05. The molecule has 0 atom stereocenters. The minimum atomic E-state index is 0.550. The summed E-state index contributed by atoms with van der Waals surface area (Å²) in [6, 6.07) is 6.20. The highest BCUT2D eigenvalue weighted by atomic mass is 16.5. The zero-order valence-electron chi connectivity index (χ0n) is 10.3. The number of nitrogens with zero attached hydrogens (tertiary/aromatic N) is 1. The minimum Gasteiger partial charge on any atom is -0.496 e. The van der Waals surface area contributed by atoms with Crippen molar-refractivity contribution in [1.82, 2.24) is 4.90 Å². The van der Waals surface area contributed by atoms with Crippen molar-refractivity contribution < 1.29 is 9.47 Å². The Kier molecular flexibility index (Phi) is 4.36. The van der Waals surface area contributed by atoms with E-state index in [1.54, 1.807) is 7.11 Å². The Bertz CT molecular complexity index is 362. The Morgan fingerprint density at radius 3 is 2.76 bits per heavy atom. The Balaban J connectivity index is 2.08. The van der Waals surface area contributed by atoms with Crippen molar-refractivity contribution in [3.8, 4) is 5.75 Å². The van der Waals surface area contributed by atoms with Crippen molar-refractivity contribution >= 4 is 0 Å². The number of benzene rings is 1. The molecular weight excluding hydrogens is 216 g/mol. The summed E-state index contributed by atoms with van der Waals surface area (Å²) in [6.07, 6.45) is 0. The van der Waals surface area contributed by atoms with E-state index in [9.17, 15) is 0 Å². The van der Waals surface area contributed by atoms with Crippen molar-refractivity contribution in [2.75, 3.05) is 33.4 Å². The van der Waals surface area contributed by atoms with Crippen LogP contribution in [0.4, 0.5) is 0 Å². The van der Waals surface area contributed by atoms with Crippen molar-refractivity contribution in [2.45, 2.75) is 13.1 Å². The number of morpholine rings is 1. The molecule has 4 heteroatoms. The highest BCUT2D eigenvalue weighted by Crippen LogP contribution is 2.22. The van der Waals surface area contributed by atoms with Crippen LogP contribution in [0.3, 0.4) is 0 Å². The Hall–Kier alpha value is -1.10. The molecule has 0 amide bonds. The molecule has 4 nitrogen and oxygen atoms in total. The van der Waals surface area contributed by atoms with Gasteiger partial charge in [-0.2, -0.15) is 0 Å². The summed E-state index contributed by atoms with van der Waals surface area (Å²) in [5.74, 6) is 0.930. The zero-order chi connectivity index (χ0) is 12.1. The Morgan fingerprint density at radius 1 is 1.35 bits per heavy atom. The SMILES string of the molecule is COc1cc(CN)ccc1CN1CCOCC1. The first-order chi connectivity index (χ1) is 8.33. The van der Waals surface area contributed by atoms with Gasteiger partial charge < -0.3 is 15.2 Å². The molecule has 94 valence electrons. The van der Waals surface area contributed by atoms with Gasteiger partial charge in [0.2, 0.25) is 0 Å². The van der Waals surface area contributed by atoms with Crippen molar-refractivity contribution in [3.63, 3.8) is 0 Å². The highest BCUT2D eigenvalue weighted by molar-refractivity contribution is 5.37. The number of hydrogen-bond donors (Lipinski definition) is 1. The molecule has 1 aromatic carbocycles. The summed E-state index contributed by atoms with van der Waals surface area (Å²) in [6.45, 7) is 5.08. The van der Waals surface area contributed by atoms with E-state index in [1.165, 1.54) is 5.56 Å². The molecule has 0 aliphatic carbocycles. The summed E-state index contributed by atoms with van der Waals surface area (Å²) in [4.78, 5) is 2.38. The predicted molar refractivity (Wildman–Crippen MR) is 67.0 cm³/mol. The van der Waals surface area contributed by atoms with Crippen LogP contribution < -0.4 is 10.5 Å². The number of ether oxygens (including phenoxy) is 2. The van der Waals surface area contributed by atoms with E-state index in [0.717, 1.165) is 44.2 Å². The number of rotatable bonds is 4. The van der Waals surface area contributed by atoms with Crippen LogP contribution in [0.1, 0.15) is 11.1 Å². The fourth-order valence-corrected chi connectivity index (χ4v) is 2.05. The number of methoxy groups -OCH3 is 1. The van der Waals surface area contributed by atoms with Gasteiger partial charge in [0.05, 0.1) is 20.3 Å². The van der Waals surface area contributed by atoms with E-state index in [-0.39, 0.29) is 0 Å². The molecule has 2 N–H and O–H groups in total. The molecule has 0 radical (unpaired) electrons. The van der Waals surface area contributed by atoms with Gasteiger partial charge >= 0.3 is 0 Å². The molecule has 0 saturated carbocycles. The molecule has 1 aliphatic rings. The maximum atomic E-state index is 5.63. The first-order valence-electron chi connectivity index (χ1n) is 5.99. The number of nitrogens with two attached hydrogens (primary N) is 1. The standard InChI is InChI=1S/C13H20N2O2/c1-16-13-8-11(9-14)2-3-12(13)10-15-4-6-17-7-5-15/h2-3,8H,4-7,9-10,14H2,1H3. The minimum absolute atomic E-state index is 0.550. The lowest BCUT2D eigenvalue weighted by Crippen LogP contribution is -2.35. The van der Waals surface area contributed by atoms with E-state index in [1.807, 2.05) is 6.07 Å². The maximum Gasteiger partial charge on any atom is 0.123 e. The van der Waals surface area contributed by atoms with Crippen LogP contribution in [0, 0.1) is 0 Å². The molecule has 0 spiro atoms. The fraction of sp³-hybridized carbons (Fsp3) is 0.538. The largest absolute Gasteiger partial charge is 0.496 e. The molecule has 1 aromatic rings. The lowest BCUT2D eigenvalue weighted by Gasteiger charge is -2.27. The third-order valence-electron chi connectivity index (χ3n) is 3.08. The van der Waals surface area contributed by atoms with Gasteiger partial charge in [0.1, 0.15) is 5.75 Å². The summed E-state index contributed by atoms with van der Waals surface area (Å²) in [7, 11) is 1.71. The van der Waals surface area contributed by atoms with Gasteiger partial charge in [0.25, 0.3) is 0 Å². The van der Waals surface area contributed by atoms with E-state index in [4.69, 9.17) is 15.2 Å². The summed E-state index contributed by atoms with van der Waals surface area (Å²) in [5, 5.41) is 0. The van der Waals surface area contributed by atoms with Gasteiger partial charge in [-0.1, -0.05) is 12.1 Å². The average Bonchev–Trinajstić information content (AvgIpc) is 2.40. The van der Waals surface area contributed by atoms with E-state index in [2.05, 4.69) is 17.0 Å². The van der Waals surface area contributed by atoms with Gasteiger partial charge in [-0.05, 0) is 11.6 Å². The molecule has 0 aromatic heterocycles. The molecule has 0 bridgehead atoms. The van der Waals surface area contributed by atoms with E-state index < -0.39 is 0 Å². The lowest BCUT2D eigenvalue weighted by atomic mass is 10.1. The van der Waals surface area contributed by atoms with E-state index in [0.29, 0.717) is 6.54 Å². The van der Waals surface area contributed by atoms with Gasteiger partial charge in [-0.25, -0.2) is 0 Å². The third-order valence-corrected chi connectivity index (χ3v) is 3.08. The Labute approximate surface area is 102 Å². The summed E-state index contributed by atoms with van der Waals surface area (Å²) in [5.41, 5.74) is 7.94. The van der Waals surface area contributed by atoms with Gasteiger partial charge in [0, 0.05) is 31.7 Å². The van der Waals surface area contributed by atoms with Crippen LogP contribution in [0.15, 0.2) is 18.2 Å². The molecule has 2 rings (SSSR count). The molecule has 17 heavy (non-hydrogen) atoms. The van der Waals surface area contributed by atoms with Crippen LogP contribution in [0.25, 0.3) is 0 Å². The van der Waals surface area contributed by atoms with Crippen LogP contribution in [-0.4, -0.2) is 38.3 Å². The molecule has 1 aliphatic heterocycles. The monoisotopic (exact) mass is 236 g/mol. The van der Waals surface area contributed by atoms with Crippen LogP contribution in [-0.2, 0) is 17.8 Å². The summed E-state index contributed by atoms with van der Waals surface area (Å²) >= 11 is 0. The molecule has 0 unspecified atom stereocenters. The van der Waals surface area contributed by atoms with Crippen molar-refractivity contribution in [2.24, 2.45) is 5.73 Å². The molecule has 1 fully saturated rings. The molecule has 1 saturated heterocycles. The second-order valence-electron chi connectivity index (χ2n) is 4.24. The topological polar surface area (TPSA) is 47.7 Å². The van der Waals surface area contributed by atoms with Gasteiger partial charge in [-0.3, -0.25) is 4.90 Å². The first kappa shape index (κ1) is 12.4. The maximum absolute atomic E-state index is 5.63. The van der Waals surface area contributed by atoms with Crippen LogP contribution in [0.2, 0.25) is 0 Å². The smallest absolute Gasteiger partial charge is 0.123 e. The highest BCUT2D eigenvalue weighted by Gasteiger charge is 2.13. The van der Waals surface area contributed by atoms with Gasteiger partial charge in [0.15, 0.2) is 0 Å². The van der Waals surface area contributed by atoms with Gasteiger partial charge in [-0.15, -0.1) is 0 Å². The van der Waals surface area contributed by atoms with Crippen LogP contribution in [0.5, 0.6) is 5.75 Å². The second-order valence-corrected chi connectivity index (χ2v) is 4.24. The quantitative estimate of drug-likeness (QED) is 0.847. The Morgan fingerprint density at radius 2 is 2.12 bits per heavy atom. The lowest BCUT2D eigenvalue weighted by molar-refractivity contribution is 0.0339. The van der Waals surface area contributed by atoms with Crippen LogP contribution >= 0.6 is 0 Å². The predicted octanol–water partition coefficient (Wildman–Crippen LogP) is 0.986. The third kappa shape index (κ3) is 3.19. The molecular formula is C13H20N2O2. The summed E-state index contributed by atoms with van der Waals surface area (Å²) < 4.78 is 10.8. The van der Waals surface area contributed by atoms with Crippen molar-refractivity contribution in [1.29, 1.82) is 0 Å². The zero-order valence-corrected chi connectivity index (χ0v) is 10.3. The molecule has 1 heterocycles. The van der Waals surface area contributed by atoms with Crippen molar-refractivity contribution in [3.05, 3.63) is 29.3 Å². The average molecular weight is 236 g/mol. The number of hydrogen-bond acceptors (Lipinski definition) is 4. The van der Waals surface area contributed by atoms with E-state index >= 15 is 0 Å². The first-order valence-corrected chi connectivity index (χ1v) is 5.99.